The molecule has 4 aliphatic carbocycles. The summed E-state index contributed by atoms with van der Waals surface area (Å²) in [6.45, 7) is 16.9. The van der Waals surface area contributed by atoms with Crippen molar-refractivity contribution in [3.05, 3.63) is 0 Å². The molecule has 4 saturated carbocycles. The Balaban J connectivity index is 1.55. The molecule has 29 heavy (non-hydrogen) atoms. The van der Waals surface area contributed by atoms with E-state index in [4.69, 9.17) is 4.43 Å². The number of rotatable bonds is 2. The number of aliphatic hydroxyl groups is 2. The van der Waals surface area contributed by atoms with E-state index in [0.717, 1.165) is 24.7 Å². The quantitative estimate of drug-likeness (QED) is 0.557. The third-order valence-corrected chi connectivity index (χ3v) is 15.3. The van der Waals surface area contributed by atoms with Crippen LogP contribution in [0.1, 0.15) is 86.0 Å². The maximum atomic E-state index is 10.5. The highest BCUT2D eigenvalue weighted by molar-refractivity contribution is 6.74. The molecule has 9 atom stereocenters. The van der Waals surface area contributed by atoms with Crippen LogP contribution in [0.5, 0.6) is 0 Å². The summed E-state index contributed by atoms with van der Waals surface area (Å²) in [5.41, 5.74) is 0.536. The second-order valence-electron chi connectivity index (χ2n) is 13.2. The summed E-state index contributed by atoms with van der Waals surface area (Å²) < 4.78 is 7.04. The van der Waals surface area contributed by atoms with E-state index < -0.39 is 20.5 Å². The monoisotopic (exact) mass is 422 g/mol. The van der Waals surface area contributed by atoms with Crippen LogP contribution in [0, 0.1) is 34.5 Å². The summed E-state index contributed by atoms with van der Waals surface area (Å²) in [4.78, 5) is 0. The third kappa shape index (κ3) is 3.39. The SMILES string of the molecule is CC12CC(O)C(O)CC1CCC1C2CCC2(C)C(O[Si](C)(C)C(C)(C)C)CCC12. The van der Waals surface area contributed by atoms with Gasteiger partial charge < -0.3 is 14.6 Å². The Morgan fingerprint density at radius 3 is 2.17 bits per heavy atom. The highest BCUT2D eigenvalue weighted by Gasteiger charge is 2.62. The highest BCUT2D eigenvalue weighted by Crippen LogP contribution is 2.67. The van der Waals surface area contributed by atoms with Crippen LogP contribution in [-0.4, -0.2) is 36.8 Å². The highest BCUT2D eigenvalue weighted by atomic mass is 28.4. The first-order valence-corrected chi connectivity index (χ1v) is 15.2. The average molecular weight is 423 g/mol. The Bertz CT molecular complexity index is 628. The van der Waals surface area contributed by atoms with Crippen LogP contribution in [0.4, 0.5) is 0 Å². The van der Waals surface area contributed by atoms with Gasteiger partial charge in [-0.05, 0) is 104 Å². The van der Waals surface area contributed by atoms with Crippen LogP contribution >= 0.6 is 0 Å². The van der Waals surface area contributed by atoms with Crippen molar-refractivity contribution in [2.45, 2.75) is 122 Å². The predicted octanol–water partition coefficient (Wildman–Crippen LogP) is 5.75. The summed E-state index contributed by atoms with van der Waals surface area (Å²) in [6, 6.07) is 0. The molecule has 4 fully saturated rings. The van der Waals surface area contributed by atoms with Gasteiger partial charge in [0.2, 0.25) is 0 Å². The summed E-state index contributed by atoms with van der Waals surface area (Å²) in [5, 5.41) is 21.0. The molecule has 4 aliphatic rings. The van der Waals surface area contributed by atoms with Crippen LogP contribution in [0.15, 0.2) is 0 Å². The molecule has 0 bridgehead atoms. The van der Waals surface area contributed by atoms with E-state index in [1.165, 1.54) is 38.5 Å². The molecule has 0 aromatic carbocycles. The first-order valence-electron chi connectivity index (χ1n) is 12.3. The fourth-order valence-electron chi connectivity index (χ4n) is 7.95. The van der Waals surface area contributed by atoms with E-state index in [0.29, 0.717) is 23.4 Å². The third-order valence-electron chi connectivity index (χ3n) is 10.8. The van der Waals surface area contributed by atoms with Crippen molar-refractivity contribution in [1.82, 2.24) is 0 Å². The second kappa shape index (κ2) is 7.05. The molecule has 4 rings (SSSR count). The zero-order chi connectivity index (χ0) is 21.4. The molecule has 0 aliphatic heterocycles. The second-order valence-corrected chi connectivity index (χ2v) is 18.0. The van der Waals surface area contributed by atoms with Crippen molar-refractivity contribution in [2.75, 3.05) is 0 Å². The Kier molecular flexibility index (Phi) is 5.42. The van der Waals surface area contributed by atoms with Gasteiger partial charge >= 0.3 is 0 Å². The van der Waals surface area contributed by atoms with Crippen molar-refractivity contribution in [1.29, 1.82) is 0 Å². The number of fused-ring (bicyclic) bond motifs is 5. The zero-order valence-corrected chi connectivity index (χ0v) is 21.0. The zero-order valence-electron chi connectivity index (χ0n) is 20.0. The van der Waals surface area contributed by atoms with E-state index in [2.05, 4.69) is 47.7 Å². The van der Waals surface area contributed by atoms with Crippen LogP contribution < -0.4 is 0 Å². The number of hydrogen-bond donors (Lipinski definition) is 2. The minimum absolute atomic E-state index is 0.210. The van der Waals surface area contributed by atoms with E-state index in [1.54, 1.807) is 0 Å². The summed E-state index contributed by atoms with van der Waals surface area (Å²) in [6.07, 6.45) is 8.67. The largest absolute Gasteiger partial charge is 0.413 e. The minimum Gasteiger partial charge on any atom is -0.413 e. The molecule has 0 amide bonds. The van der Waals surface area contributed by atoms with E-state index in [9.17, 15) is 10.2 Å². The number of aliphatic hydroxyl groups excluding tert-OH is 2. The number of hydrogen-bond acceptors (Lipinski definition) is 3. The van der Waals surface area contributed by atoms with Gasteiger partial charge in [0, 0.05) is 0 Å². The van der Waals surface area contributed by atoms with Gasteiger partial charge in [-0.1, -0.05) is 34.6 Å². The summed E-state index contributed by atoms with van der Waals surface area (Å²) >= 11 is 0. The van der Waals surface area contributed by atoms with Gasteiger partial charge in [0.15, 0.2) is 8.32 Å². The van der Waals surface area contributed by atoms with Crippen molar-refractivity contribution in [3.63, 3.8) is 0 Å². The maximum Gasteiger partial charge on any atom is 0.192 e. The molecule has 0 radical (unpaired) electrons. The Morgan fingerprint density at radius 2 is 1.52 bits per heavy atom. The predicted molar refractivity (Wildman–Crippen MR) is 121 cm³/mol. The van der Waals surface area contributed by atoms with Gasteiger partial charge in [-0.2, -0.15) is 0 Å². The molecule has 4 heteroatoms. The van der Waals surface area contributed by atoms with Crippen molar-refractivity contribution in [3.8, 4) is 0 Å². The van der Waals surface area contributed by atoms with Crippen molar-refractivity contribution < 1.29 is 14.6 Å². The van der Waals surface area contributed by atoms with Gasteiger partial charge in [-0.25, -0.2) is 0 Å². The fourth-order valence-corrected chi connectivity index (χ4v) is 9.41. The van der Waals surface area contributed by atoms with Crippen LogP contribution in [0.2, 0.25) is 18.1 Å². The van der Waals surface area contributed by atoms with E-state index >= 15 is 0 Å². The van der Waals surface area contributed by atoms with Gasteiger partial charge in [0.1, 0.15) is 0 Å². The lowest BCUT2D eigenvalue weighted by Crippen LogP contribution is -2.57. The lowest BCUT2D eigenvalue weighted by atomic mass is 9.45. The first kappa shape index (κ1) is 22.3. The van der Waals surface area contributed by atoms with Crippen LogP contribution in [-0.2, 0) is 4.43 Å². The molecule has 2 N–H and O–H groups in total. The topological polar surface area (TPSA) is 49.7 Å². The Hall–Kier alpha value is 0.0969. The van der Waals surface area contributed by atoms with Crippen LogP contribution in [0.25, 0.3) is 0 Å². The fraction of sp³-hybridized carbons (Fsp3) is 1.00. The molecular weight excluding hydrogens is 376 g/mol. The molecule has 3 nitrogen and oxygen atoms in total. The molecule has 168 valence electrons. The van der Waals surface area contributed by atoms with E-state index in [1.807, 2.05) is 0 Å². The van der Waals surface area contributed by atoms with Crippen LogP contribution in [0.3, 0.4) is 0 Å². The molecular formula is C25H46O3Si. The molecule has 0 spiro atoms. The molecule has 0 heterocycles. The molecule has 0 saturated heterocycles. The minimum atomic E-state index is -1.76. The lowest BCUT2D eigenvalue weighted by molar-refractivity contribution is -0.162. The summed E-state index contributed by atoms with van der Waals surface area (Å²) in [5.74, 6) is 2.86. The lowest BCUT2D eigenvalue weighted by Gasteiger charge is -2.61. The van der Waals surface area contributed by atoms with Gasteiger partial charge in [0.25, 0.3) is 0 Å². The Morgan fingerprint density at radius 1 is 0.862 bits per heavy atom. The van der Waals surface area contributed by atoms with E-state index in [-0.39, 0.29) is 10.5 Å². The average Bonchev–Trinajstić information content (AvgIpc) is 2.91. The Labute approximate surface area is 180 Å². The first-order chi connectivity index (χ1) is 13.3. The van der Waals surface area contributed by atoms with Gasteiger partial charge in [0.05, 0.1) is 18.3 Å². The van der Waals surface area contributed by atoms with Crippen molar-refractivity contribution >= 4 is 8.32 Å². The normalized spacial score (nSPS) is 50.6. The van der Waals surface area contributed by atoms with Gasteiger partial charge in [-0.3, -0.25) is 0 Å². The van der Waals surface area contributed by atoms with Crippen molar-refractivity contribution in [2.24, 2.45) is 34.5 Å². The molecule has 9 unspecified atom stereocenters. The molecule has 0 aromatic heterocycles. The smallest absolute Gasteiger partial charge is 0.192 e. The van der Waals surface area contributed by atoms with Gasteiger partial charge in [-0.15, -0.1) is 0 Å². The maximum absolute atomic E-state index is 10.5. The molecule has 0 aromatic rings. The standard InChI is InChI=1S/C25H46O3Si/c1-23(2,3)29(6,7)28-22-11-10-18-17-9-8-16-14-20(26)21(27)15-25(16,5)19(17)12-13-24(18,22)4/h16-22,26-27H,8-15H2,1-7H3. The summed E-state index contributed by atoms with van der Waals surface area (Å²) in [7, 11) is -1.76.